The first-order valence-electron chi connectivity index (χ1n) is 6.65. The number of aliphatic carboxylic acids is 1. The summed E-state index contributed by atoms with van der Waals surface area (Å²) in [5, 5.41) is 9.12. The minimum absolute atomic E-state index is 0.0451. The normalized spacial score (nSPS) is 22.1. The molecule has 2 atom stereocenters. The van der Waals surface area contributed by atoms with E-state index in [0.717, 1.165) is 11.4 Å². The first-order valence-corrected chi connectivity index (χ1v) is 6.65. The molecule has 0 spiro atoms. The fourth-order valence-corrected chi connectivity index (χ4v) is 2.52. The smallest absolute Gasteiger partial charge is 0.308 e. The third-order valence-corrected chi connectivity index (χ3v) is 3.90. The Bertz CT molecular complexity index is 571. The molecule has 1 aromatic rings. The van der Waals surface area contributed by atoms with Crippen LogP contribution in [0.15, 0.2) is 0 Å². The van der Waals surface area contributed by atoms with Crippen LogP contribution in [-0.4, -0.2) is 44.9 Å². The molecule has 1 amide bonds. The summed E-state index contributed by atoms with van der Waals surface area (Å²) < 4.78 is 0. The zero-order valence-electron chi connectivity index (χ0n) is 12.2. The van der Waals surface area contributed by atoms with E-state index in [4.69, 9.17) is 5.11 Å². The fraction of sp³-hybridized carbons (Fsp3) is 0.571. The van der Waals surface area contributed by atoms with Gasteiger partial charge in [0.2, 0.25) is 0 Å². The number of hydrogen-bond donors (Lipinski definition) is 1. The lowest BCUT2D eigenvalue weighted by Gasteiger charge is -2.17. The van der Waals surface area contributed by atoms with Gasteiger partial charge in [-0.2, -0.15) is 0 Å². The van der Waals surface area contributed by atoms with Gasteiger partial charge in [-0.25, -0.2) is 4.98 Å². The minimum Gasteiger partial charge on any atom is -0.481 e. The maximum Gasteiger partial charge on any atom is 0.308 e. The molecular formula is C14H19N3O3. The predicted octanol–water partition coefficient (Wildman–Crippen LogP) is 1.19. The third-order valence-electron chi connectivity index (χ3n) is 3.90. The summed E-state index contributed by atoms with van der Waals surface area (Å²) in [7, 11) is 0. The van der Waals surface area contributed by atoms with Gasteiger partial charge in [0.1, 0.15) is 5.69 Å². The average molecular weight is 277 g/mol. The number of nitrogens with zero attached hydrogens (tertiary/aromatic N) is 3. The highest BCUT2D eigenvalue weighted by Crippen LogP contribution is 2.25. The van der Waals surface area contributed by atoms with Crippen LogP contribution in [0.3, 0.4) is 0 Å². The molecule has 1 N–H and O–H groups in total. The summed E-state index contributed by atoms with van der Waals surface area (Å²) in [5.74, 6) is -1.63. The molecule has 0 radical (unpaired) electrons. The van der Waals surface area contributed by atoms with E-state index >= 15 is 0 Å². The van der Waals surface area contributed by atoms with Crippen molar-refractivity contribution in [3.05, 3.63) is 22.8 Å². The van der Waals surface area contributed by atoms with Crippen molar-refractivity contribution in [1.29, 1.82) is 0 Å². The van der Waals surface area contributed by atoms with Crippen molar-refractivity contribution in [3.63, 3.8) is 0 Å². The third kappa shape index (κ3) is 2.50. The van der Waals surface area contributed by atoms with Crippen LogP contribution in [0.1, 0.15) is 34.5 Å². The van der Waals surface area contributed by atoms with Crippen LogP contribution in [0, 0.1) is 32.6 Å². The maximum absolute atomic E-state index is 12.5. The monoisotopic (exact) mass is 277 g/mol. The molecule has 20 heavy (non-hydrogen) atoms. The van der Waals surface area contributed by atoms with E-state index in [1.807, 2.05) is 20.8 Å². The predicted molar refractivity (Wildman–Crippen MR) is 72.4 cm³/mol. The second kappa shape index (κ2) is 5.19. The molecule has 1 aromatic heterocycles. The van der Waals surface area contributed by atoms with Crippen LogP contribution in [0.5, 0.6) is 0 Å². The molecule has 0 unspecified atom stereocenters. The zero-order chi connectivity index (χ0) is 15.0. The van der Waals surface area contributed by atoms with E-state index < -0.39 is 11.9 Å². The molecule has 0 aliphatic carbocycles. The quantitative estimate of drug-likeness (QED) is 0.878. The average Bonchev–Trinajstić information content (AvgIpc) is 2.75. The van der Waals surface area contributed by atoms with Gasteiger partial charge >= 0.3 is 5.97 Å². The summed E-state index contributed by atoms with van der Waals surface area (Å²) in [6.07, 6.45) is 0. The number of rotatable bonds is 2. The highest BCUT2D eigenvalue weighted by molar-refractivity contribution is 5.94. The number of carboxylic acids is 1. The second-order valence-corrected chi connectivity index (χ2v) is 5.46. The van der Waals surface area contributed by atoms with E-state index in [2.05, 4.69) is 9.97 Å². The van der Waals surface area contributed by atoms with Gasteiger partial charge in [-0.1, -0.05) is 6.92 Å². The molecule has 1 aliphatic rings. The Kier molecular flexibility index (Phi) is 3.74. The second-order valence-electron chi connectivity index (χ2n) is 5.46. The standard InChI is InChI=1S/C14H19N3O3/c1-7-5-17(6-11(7)14(19)20)13(18)12-10(4)15-8(2)9(3)16-12/h7,11H,5-6H2,1-4H3,(H,19,20)/t7-,11-/m1/s1. The topological polar surface area (TPSA) is 83.4 Å². The van der Waals surface area contributed by atoms with Crippen LogP contribution in [-0.2, 0) is 4.79 Å². The van der Waals surface area contributed by atoms with Gasteiger partial charge in [-0.15, -0.1) is 0 Å². The number of amides is 1. The van der Waals surface area contributed by atoms with Crippen LogP contribution in [0.2, 0.25) is 0 Å². The molecule has 0 saturated carbocycles. The highest BCUT2D eigenvalue weighted by Gasteiger charge is 2.38. The number of carboxylic acid groups (broad SMARTS) is 1. The van der Waals surface area contributed by atoms with Crippen molar-refractivity contribution < 1.29 is 14.7 Å². The molecule has 2 heterocycles. The first-order chi connectivity index (χ1) is 9.31. The number of aromatic nitrogens is 2. The van der Waals surface area contributed by atoms with Gasteiger partial charge in [0, 0.05) is 13.1 Å². The van der Waals surface area contributed by atoms with Crippen molar-refractivity contribution in [2.45, 2.75) is 27.7 Å². The largest absolute Gasteiger partial charge is 0.481 e. The molecule has 0 aromatic carbocycles. The lowest BCUT2D eigenvalue weighted by atomic mass is 9.99. The Labute approximate surface area is 117 Å². The summed E-state index contributed by atoms with van der Waals surface area (Å²) >= 11 is 0. The summed E-state index contributed by atoms with van der Waals surface area (Å²) in [5.41, 5.74) is 2.44. The Balaban J connectivity index is 2.25. The molecule has 1 fully saturated rings. The highest BCUT2D eigenvalue weighted by atomic mass is 16.4. The van der Waals surface area contributed by atoms with Gasteiger partial charge in [0.25, 0.3) is 5.91 Å². The molecule has 0 bridgehead atoms. The Morgan fingerprint density at radius 2 is 1.70 bits per heavy atom. The van der Waals surface area contributed by atoms with E-state index in [0.29, 0.717) is 17.9 Å². The number of likely N-dealkylation sites (tertiary alicyclic amines) is 1. The summed E-state index contributed by atoms with van der Waals surface area (Å²) in [6.45, 7) is 7.95. The van der Waals surface area contributed by atoms with Crippen LogP contribution in [0.25, 0.3) is 0 Å². The van der Waals surface area contributed by atoms with E-state index in [1.54, 1.807) is 11.8 Å². The van der Waals surface area contributed by atoms with Gasteiger partial charge in [-0.3, -0.25) is 14.6 Å². The summed E-state index contributed by atoms with van der Waals surface area (Å²) in [6, 6.07) is 0. The van der Waals surface area contributed by atoms with Crippen molar-refractivity contribution >= 4 is 11.9 Å². The molecule has 2 rings (SSSR count). The number of hydrogen-bond acceptors (Lipinski definition) is 4. The van der Waals surface area contributed by atoms with Crippen molar-refractivity contribution in [2.75, 3.05) is 13.1 Å². The SMILES string of the molecule is Cc1nc(C)c(C(=O)N2C[C@@H](C)[C@H](C(=O)O)C2)nc1C. The van der Waals surface area contributed by atoms with Crippen LogP contribution >= 0.6 is 0 Å². The van der Waals surface area contributed by atoms with E-state index in [9.17, 15) is 9.59 Å². The summed E-state index contributed by atoms with van der Waals surface area (Å²) in [4.78, 5) is 33.8. The molecule has 6 heteroatoms. The molecular weight excluding hydrogens is 258 g/mol. The zero-order valence-corrected chi connectivity index (χ0v) is 12.2. The number of carbonyl (C=O) groups is 2. The number of aryl methyl sites for hydroxylation is 3. The van der Waals surface area contributed by atoms with Crippen LogP contribution < -0.4 is 0 Å². The van der Waals surface area contributed by atoms with Gasteiger partial charge in [0.15, 0.2) is 0 Å². The molecule has 1 saturated heterocycles. The molecule has 1 aliphatic heterocycles. The Morgan fingerprint density at radius 3 is 2.25 bits per heavy atom. The van der Waals surface area contributed by atoms with Crippen LogP contribution in [0.4, 0.5) is 0 Å². The van der Waals surface area contributed by atoms with Gasteiger partial charge < -0.3 is 10.0 Å². The lowest BCUT2D eigenvalue weighted by Crippen LogP contribution is -2.31. The van der Waals surface area contributed by atoms with Gasteiger partial charge in [-0.05, 0) is 26.7 Å². The maximum atomic E-state index is 12.5. The first kappa shape index (κ1) is 14.4. The van der Waals surface area contributed by atoms with Crippen molar-refractivity contribution in [2.24, 2.45) is 11.8 Å². The number of carbonyl (C=O) groups excluding carboxylic acids is 1. The molecule has 6 nitrogen and oxygen atoms in total. The van der Waals surface area contributed by atoms with E-state index in [-0.39, 0.29) is 18.4 Å². The van der Waals surface area contributed by atoms with E-state index in [1.165, 1.54) is 0 Å². The van der Waals surface area contributed by atoms with Gasteiger partial charge in [0.05, 0.1) is 23.0 Å². The lowest BCUT2D eigenvalue weighted by molar-refractivity contribution is -0.142. The van der Waals surface area contributed by atoms with Crippen molar-refractivity contribution in [1.82, 2.24) is 14.9 Å². The Hall–Kier alpha value is -1.98. The molecule has 108 valence electrons. The minimum atomic E-state index is -0.851. The fourth-order valence-electron chi connectivity index (χ4n) is 2.52. The Morgan fingerprint density at radius 1 is 1.10 bits per heavy atom. The van der Waals surface area contributed by atoms with Crippen molar-refractivity contribution in [3.8, 4) is 0 Å².